The Labute approximate surface area is 148 Å². The third kappa shape index (κ3) is 3.73. The van der Waals surface area contributed by atoms with Gasteiger partial charge in [0.1, 0.15) is 0 Å². The summed E-state index contributed by atoms with van der Waals surface area (Å²) in [6, 6.07) is 14.1. The Balaban J connectivity index is 1.99. The summed E-state index contributed by atoms with van der Waals surface area (Å²) in [5.74, 6) is 0.0941. The van der Waals surface area contributed by atoms with E-state index in [-0.39, 0.29) is 11.3 Å². The molecule has 3 rings (SSSR count). The van der Waals surface area contributed by atoms with Crippen molar-refractivity contribution < 1.29 is 4.79 Å². The van der Waals surface area contributed by atoms with Crippen LogP contribution in [0.1, 0.15) is 45.5 Å². The molecule has 1 aromatic carbocycles. The molecular formula is C21H25N3O. The zero-order valence-corrected chi connectivity index (χ0v) is 15.3. The number of carbonyl (C=O) groups is 1. The van der Waals surface area contributed by atoms with Gasteiger partial charge in [-0.1, -0.05) is 33.8 Å². The zero-order valence-electron chi connectivity index (χ0n) is 15.3. The van der Waals surface area contributed by atoms with Crippen LogP contribution in [0.5, 0.6) is 0 Å². The van der Waals surface area contributed by atoms with Crippen LogP contribution in [0.2, 0.25) is 0 Å². The van der Waals surface area contributed by atoms with Gasteiger partial charge < -0.3 is 9.88 Å². The van der Waals surface area contributed by atoms with E-state index in [1.807, 2.05) is 42.2 Å². The van der Waals surface area contributed by atoms with E-state index in [4.69, 9.17) is 0 Å². The normalized spacial score (nSPS) is 11.7. The Kier molecular flexibility index (Phi) is 4.62. The van der Waals surface area contributed by atoms with Gasteiger partial charge in [-0.2, -0.15) is 0 Å². The third-order valence-corrected chi connectivity index (χ3v) is 4.37. The maximum absolute atomic E-state index is 12.5. The molecule has 0 spiro atoms. The molecule has 0 fully saturated rings. The summed E-state index contributed by atoms with van der Waals surface area (Å²) in [5, 5.41) is 1.12. The first-order valence-corrected chi connectivity index (χ1v) is 8.72. The Bertz CT molecular complexity index is 875. The number of hydrogen-bond acceptors (Lipinski definition) is 2. The first kappa shape index (κ1) is 17.2. The zero-order chi connectivity index (χ0) is 18.0. The van der Waals surface area contributed by atoms with Gasteiger partial charge in [0.05, 0.1) is 12.2 Å². The average molecular weight is 335 g/mol. The molecule has 0 aliphatic carbocycles. The van der Waals surface area contributed by atoms with Crippen molar-refractivity contribution in [3.63, 3.8) is 0 Å². The molecule has 0 radical (unpaired) electrons. The molecule has 2 heterocycles. The fraction of sp³-hybridized carbons (Fsp3) is 0.333. The van der Waals surface area contributed by atoms with Gasteiger partial charge in [0.25, 0.3) is 0 Å². The van der Waals surface area contributed by atoms with Gasteiger partial charge in [-0.15, -0.1) is 0 Å². The van der Waals surface area contributed by atoms with Crippen LogP contribution in [-0.2, 0) is 16.8 Å². The highest BCUT2D eigenvalue weighted by Gasteiger charge is 2.19. The monoisotopic (exact) mass is 335 g/mol. The van der Waals surface area contributed by atoms with Gasteiger partial charge in [-0.3, -0.25) is 9.78 Å². The molecular weight excluding hydrogens is 310 g/mol. The van der Waals surface area contributed by atoms with Crippen LogP contribution in [0.25, 0.3) is 10.9 Å². The number of pyridine rings is 1. The maximum atomic E-state index is 12.5. The van der Waals surface area contributed by atoms with Crippen LogP contribution in [0, 0.1) is 0 Å². The number of aromatic nitrogens is 2. The van der Waals surface area contributed by atoms with E-state index in [0.29, 0.717) is 13.0 Å². The number of fused-ring (bicyclic) bond motifs is 1. The van der Waals surface area contributed by atoms with Gasteiger partial charge in [0.2, 0.25) is 5.91 Å². The number of anilines is 1. The van der Waals surface area contributed by atoms with E-state index in [1.165, 1.54) is 5.69 Å². The van der Waals surface area contributed by atoms with Gasteiger partial charge >= 0.3 is 0 Å². The van der Waals surface area contributed by atoms with Crippen LogP contribution in [0.4, 0.5) is 5.69 Å². The number of carbonyl (C=O) groups excluding carboxylic acids is 1. The average Bonchev–Trinajstić information content (AvgIpc) is 3.03. The van der Waals surface area contributed by atoms with Gasteiger partial charge in [0, 0.05) is 40.3 Å². The number of hydrogen-bond donors (Lipinski definition) is 1. The molecule has 0 aliphatic rings. The minimum atomic E-state index is 0.0616. The highest BCUT2D eigenvalue weighted by molar-refractivity contribution is 5.95. The maximum Gasteiger partial charge on any atom is 0.227 e. The third-order valence-electron chi connectivity index (χ3n) is 4.37. The van der Waals surface area contributed by atoms with E-state index in [1.54, 1.807) is 6.20 Å². The Morgan fingerprint density at radius 3 is 2.60 bits per heavy atom. The SMILES string of the molecule is CCC(=O)N(Cc1ccccn1)c1ccc2[nH]c(C(C)(C)C)cc2c1. The molecule has 25 heavy (non-hydrogen) atoms. The van der Waals surface area contributed by atoms with Crippen molar-refractivity contribution in [2.45, 2.75) is 46.1 Å². The lowest BCUT2D eigenvalue weighted by atomic mass is 9.92. The van der Waals surface area contributed by atoms with Gasteiger partial charge in [-0.25, -0.2) is 0 Å². The van der Waals surface area contributed by atoms with E-state index >= 15 is 0 Å². The molecule has 0 aliphatic heterocycles. The fourth-order valence-corrected chi connectivity index (χ4v) is 2.86. The van der Waals surface area contributed by atoms with Gasteiger partial charge in [-0.05, 0) is 36.4 Å². The van der Waals surface area contributed by atoms with Crippen molar-refractivity contribution in [2.75, 3.05) is 4.90 Å². The molecule has 1 N–H and O–H groups in total. The van der Waals surface area contributed by atoms with Gasteiger partial charge in [0.15, 0.2) is 0 Å². The standard InChI is InChI=1S/C21H25N3O/c1-5-20(25)24(14-16-8-6-7-11-22-16)17-9-10-18-15(12-17)13-19(23-18)21(2,3)4/h6-13,23H,5,14H2,1-4H3. The first-order valence-electron chi connectivity index (χ1n) is 8.72. The number of amides is 1. The molecule has 3 aromatic rings. The number of rotatable bonds is 4. The van der Waals surface area contributed by atoms with Crippen molar-refractivity contribution in [2.24, 2.45) is 0 Å². The van der Waals surface area contributed by atoms with Crippen LogP contribution < -0.4 is 4.90 Å². The molecule has 0 atom stereocenters. The summed E-state index contributed by atoms with van der Waals surface area (Å²) in [4.78, 5) is 22.2. The van der Waals surface area contributed by atoms with Crippen LogP contribution in [0.3, 0.4) is 0 Å². The number of nitrogens with zero attached hydrogens (tertiary/aromatic N) is 2. The summed E-state index contributed by atoms with van der Waals surface area (Å²) in [5.41, 5.74) is 4.14. The van der Waals surface area contributed by atoms with Crippen molar-refractivity contribution in [3.8, 4) is 0 Å². The second-order valence-corrected chi connectivity index (χ2v) is 7.36. The lowest BCUT2D eigenvalue weighted by Crippen LogP contribution is -2.29. The minimum absolute atomic E-state index is 0.0616. The second-order valence-electron chi connectivity index (χ2n) is 7.36. The topological polar surface area (TPSA) is 49.0 Å². The highest BCUT2D eigenvalue weighted by atomic mass is 16.2. The van der Waals surface area contributed by atoms with Crippen molar-refractivity contribution >= 4 is 22.5 Å². The predicted molar refractivity (Wildman–Crippen MR) is 103 cm³/mol. The summed E-state index contributed by atoms with van der Waals surface area (Å²) in [7, 11) is 0. The Morgan fingerprint density at radius 1 is 1.16 bits per heavy atom. The number of nitrogens with one attached hydrogen (secondary N) is 1. The molecule has 1 amide bonds. The lowest BCUT2D eigenvalue weighted by Gasteiger charge is -2.22. The molecule has 2 aromatic heterocycles. The summed E-state index contributed by atoms with van der Waals surface area (Å²) in [6.07, 6.45) is 2.22. The molecule has 0 saturated carbocycles. The molecule has 4 heteroatoms. The van der Waals surface area contributed by atoms with E-state index in [0.717, 1.165) is 22.3 Å². The highest BCUT2D eigenvalue weighted by Crippen LogP contribution is 2.29. The smallest absolute Gasteiger partial charge is 0.227 e. The fourth-order valence-electron chi connectivity index (χ4n) is 2.86. The van der Waals surface area contributed by atoms with Crippen LogP contribution in [-0.4, -0.2) is 15.9 Å². The first-order chi connectivity index (χ1) is 11.9. The van der Waals surface area contributed by atoms with E-state index in [2.05, 4.69) is 42.9 Å². The lowest BCUT2D eigenvalue weighted by molar-refractivity contribution is -0.118. The van der Waals surface area contributed by atoms with Crippen molar-refractivity contribution in [1.29, 1.82) is 0 Å². The summed E-state index contributed by atoms with van der Waals surface area (Å²) in [6.45, 7) is 8.93. The molecule has 0 bridgehead atoms. The second kappa shape index (κ2) is 6.71. The molecule has 130 valence electrons. The molecule has 4 nitrogen and oxygen atoms in total. The number of aromatic amines is 1. The quantitative estimate of drug-likeness (QED) is 0.744. The Hall–Kier alpha value is -2.62. The van der Waals surface area contributed by atoms with Crippen molar-refractivity contribution in [1.82, 2.24) is 9.97 Å². The number of benzene rings is 1. The number of H-pyrrole nitrogens is 1. The van der Waals surface area contributed by atoms with Crippen LogP contribution in [0.15, 0.2) is 48.7 Å². The predicted octanol–water partition coefficient (Wildman–Crippen LogP) is 4.80. The molecule has 0 unspecified atom stereocenters. The van der Waals surface area contributed by atoms with E-state index < -0.39 is 0 Å². The largest absolute Gasteiger partial charge is 0.358 e. The Morgan fingerprint density at radius 2 is 1.96 bits per heavy atom. The minimum Gasteiger partial charge on any atom is -0.358 e. The van der Waals surface area contributed by atoms with Crippen molar-refractivity contribution in [3.05, 3.63) is 60.0 Å². The summed E-state index contributed by atoms with van der Waals surface area (Å²) < 4.78 is 0. The molecule has 0 saturated heterocycles. The van der Waals surface area contributed by atoms with Crippen LogP contribution >= 0.6 is 0 Å². The van der Waals surface area contributed by atoms with E-state index in [9.17, 15) is 4.79 Å². The summed E-state index contributed by atoms with van der Waals surface area (Å²) >= 11 is 0.